The predicted octanol–water partition coefficient (Wildman–Crippen LogP) is 2.63. The Morgan fingerprint density at radius 2 is 2.10 bits per heavy atom. The van der Waals surface area contributed by atoms with Crippen molar-refractivity contribution in [1.29, 1.82) is 0 Å². The lowest BCUT2D eigenvalue weighted by molar-refractivity contribution is -0.144. The van der Waals surface area contributed by atoms with Crippen LogP contribution >= 0.6 is 0 Å². The van der Waals surface area contributed by atoms with E-state index in [1.165, 1.54) is 25.8 Å². The summed E-state index contributed by atoms with van der Waals surface area (Å²) < 4.78 is 0. The zero-order valence-electron chi connectivity index (χ0n) is 13.0. The topological polar surface area (TPSA) is 52.6 Å². The molecule has 2 atom stereocenters. The maximum absolute atomic E-state index is 11.5. The highest BCUT2D eigenvalue weighted by molar-refractivity contribution is 5.78. The van der Waals surface area contributed by atoms with Crippen LogP contribution in [0.25, 0.3) is 0 Å². The van der Waals surface area contributed by atoms with Crippen molar-refractivity contribution in [3.8, 4) is 0 Å². The molecule has 20 heavy (non-hydrogen) atoms. The quantitative estimate of drug-likeness (QED) is 0.638. The summed E-state index contributed by atoms with van der Waals surface area (Å²) in [6.45, 7) is 6.48. The van der Waals surface area contributed by atoms with Gasteiger partial charge in [-0.05, 0) is 71.4 Å². The van der Waals surface area contributed by atoms with Crippen LogP contribution in [0, 0.1) is 0 Å². The first-order valence-electron chi connectivity index (χ1n) is 8.30. The van der Waals surface area contributed by atoms with Crippen molar-refractivity contribution in [3.05, 3.63) is 0 Å². The van der Waals surface area contributed by atoms with Crippen molar-refractivity contribution in [3.63, 3.8) is 0 Å². The Morgan fingerprint density at radius 3 is 2.70 bits per heavy atom. The van der Waals surface area contributed by atoms with Crippen molar-refractivity contribution >= 4 is 5.97 Å². The van der Waals surface area contributed by atoms with Gasteiger partial charge in [0.15, 0.2) is 0 Å². The number of hydrogen-bond acceptors (Lipinski definition) is 3. The molecule has 0 bridgehead atoms. The number of nitrogens with zero attached hydrogens (tertiary/aromatic N) is 1. The summed E-state index contributed by atoms with van der Waals surface area (Å²) in [5.74, 6) is -0.697. The second kappa shape index (κ2) is 6.90. The number of likely N-dealkylation sites (tertiary alicyclic amines) is 1. The lowest BCUT2D eigenvalue weighted by atomic mass is 9.94. The average molecular weight is 282 g/mol. The van der Waals surface area contributed by atoms with Crippen LogP contribution in [0.2, 0.25) is 0 Å². The first-order chi connectivity index (χ1) is 9.55. The minimum absolute atomic E-state index is 0.444. The van der Waals surface area contributed by atoms with Crippen molar-refractivity contribution in [2.75, 3.05) is 13.1 Å². The van der Waals surface area contributed by atoms with Gasteiger partial charge >= 0.3 is 5.97 Å². The molecule has 1 aliphatic heterocycles. The van der Waals surface area contributed by atoms with E-state index in [1.807, 2.05) is 6.92 Å². The summed E-state index contributed by atoms with van der Waals surface area (Å²) in [6.07, 6.45) is 9.03. The summed E-state index contributed by atoms with van der Waals surface area (Å²) in [6, 6.07) is 1.21. The lowest BCUT2D eigenvalue weighted by Crippen LogP contribution is -2.50. The molecule has 0 amide bonds. The second-order valence-corrected chi connectivity index (χ2v) is 6.75. The predicted molar refractivity (Wildman–Crippen MR) is 80.9 cm³/mol. The van der Waals surface area contributed by atoms with E-state index >= 15 is 0 Å². The third kappa shape index (κ3) is 4.19. The van der Waals surface area contributed by atoms with Crippen molar-refractivity contribution in [1.82, 2.24) is 10.2 Å². The third-order valence-corrected chi connectivity index (χ3v) is 4.91. The standard InChI is InChI=1S/C16H30N2O2/c1-3-14-7-6-12-18(14)11-5-4-10-16(2,15(19)20)17-13-8-9-13/h13-14,17H,3-12H2,1-2H3,(H,19,20). The Morgan fingerprint density at radius 1 is 1.35 bits per heavy atom. The van der Waals surface area contributed by atoms with E-state index in [0.29, 0.717) is 6.04 Å². The molecule has 1 saturated carbocycles. The van der Waals surface area contributed by atoms with Crippen LogP contribution in [0.5, 0.6) is 0 Å². The highest BCUT2D eigenvalue weighted by atomic mass is 16.4. The number of rotatable bonds is 9. The van der Waals surface area contributed by atoms with E-state index in [2.05, 4.69) is 17.1 Å². The Bertz CT molecular complexity index is 330. The number of hydrogen-bond donors (Lipinski definition) is 2. The Kier molecular flexibility index (Phi) is 5.44. The fraction of sp³-hybridized carbons (Fsp3) is 0.938. The number of carboxylic acid groups (broad SMARTS) is 1. The highest BCUT2D eigenvalue weighted by Crippen LogP contribution is 2.26. The minimum atomic E-state index is -0.726. The lowest BCUT2D eigenvalue weighted by Gasteiger charge is -2.27. The molecule has 1 heterocycles. The van der Waals surface area contributed by atoms with Crippen molar-refractivity contribution < 1.29 is 9.90 Å². The van der Waals surface area contributed by atoms with E-state index in [9.17, 15) is 9.90 Å². The average Bonchev–Trinajstić information content (AvgIpc) is 3.10. The zero-order chi connectivity index (χ0) is 14.6. The summed E-state index contributed by atoms with van der Waals surface area (Å²) >= 11 is 0. The second-order valence-electron chi connectivity index (χ2n) is 6.75. The van der Waals surface area contributed by atoms with E-state index in [4.69, 9.17) is 0 Å². The van der Waals surface area contributed by atoms with Crippen LogP contribution in [-0.4, -0.2) is 46.7 Å². The van der Waals surface area contributed by atoms with Gasteiger partial charge in [-0.3, -0.25) is 10.1 Å². The van der Waals surface area contributed by atoms with Gasteiger partial charge in [0.2, 0.25) is 0 Å². The van der Waals surface area contributed by atoms with Crippen LogP contribution in [0.1, 0.15) is 65.2 Å². The van der Waals surface area contributed by atoms with Gasteiger partial charge in [-0.15, -0.1) is 0 Å². The first-order valence-corrected chi connectivity index (χ1v) is 8.30. The van der Waals surface area contributed by atoms with E-state index < -0.39 is 11.5 Å². The number of carboxylic acids is 1. The molecule has 4 heteroatoms. The van der Waals surface area contributed by atoms with Crippen LogP contribution in [-0.2, 0) is 4.79 Å². The van der Waals surface area contributed by atoms with Gasteiger partial charge in [0.1, 0.15) is 5.54 Å². The molecule has 116 valence electrons. The Hall–Kier alpha value is -0.610. The van der Waals surface area contributed by atoms with Crippen LogP contribution in [0.4, 0.5) is 0 Å². The zero-order valence-corrected chi connectivity index (χ0v) is 13.0. The number of carbonyl (C=O) groups is 1. The van der Waals surface area contributed by atoms with Gasteiger partial charge in [-0.25, -0.2) is 0 Å². The number of unbranched alkanes of at least 4 members (excludes halogenated alkanes) is 1. The molecule has 0 aromatic carbocycles. The largest absolute Gasteiger partial charge is 0.480 e. The monoisotopic (exact) mass is 282 g/mol. The highest BCUT2D eigenvalue weighted by Gasteiger charge is 2.37. The van der Waals surface area contributed by atoms with E-state index in [1.54, 1.807) is 0 Å². The smallest absolute Gasteiger partial charge is 0.323 e. The fourth-order valence-corrected chi connectivity index (χ4v) is 3.36. The molecule has 2 aliphatic rings. The van der Waals surface area contributed by atoms with Gasteiger partial charge in [-0.1, -0.05) is 6.92 Å². The molecule has 4 nitrogen and oxygen atoms in total. The molecule has 2 N–H and O–H groups in total. The summed E-state index contributed by atoms with van der Waals surface area (Å²) in [5.41, 5.74) is -0.726. The van der Waals surface area contributed by atoms with Gasteiger partial charge in [0, 0.05) is 12.1 Å². The van der Waals surface area contributed by atoms with Crippen molar-refractivity contribution in [2.24, 2.45) is 0 Å². The molecule has 1 aliphatic carbocycles. The van der Waals surface area contributed by atoms with Crippen molar-refractivity contribution in [2.45, 2.75) is 82.8 Å². The maximum atomic E-state index is 11.5. The molecule has 0 spiro atoms. The molecular weight excluding hydrogens is 252 g/mol. The van der Waals surface area contributed by atoms with Gasteiger partial charge in [-0.2, -0.15) is 0 Å². The molecule has 0 aromatic rings. The van der Waals surface area contributed by atoms with E-state index in [-0.39, 0.29) is 0 Å². The Labute approximate surface area is 122 Å². The molecule has 2 fully saturated rings. The number of aliphatic carboxylic acids is 1. The van der Waals surface area contributed by atoms with Crippen LogP contribution in [0.3, 0.4) is 0 Å². The van der Waals surface area contributed by atoms with E-state index in [0.717, 1.165) is 44.7 Å². The SMILES string of the molecule is CCC1CCCN1CCCCC(C)(NC1CC1)C(=O)O. The number of nitrogens with one attached hydrogen (secondary N) is 1. The van der Waals surface area contributed by atoms with Crippen LogP contribution in [0.15, 0.2) is 0 Å². The molecule has 1 saturated heterocycles. The fourth-order valence-electron chi connectivity index (χ4n) is 3.36. The van der Waals surface area contributed by atoms with Gasteiger partial charge in [0.05, 0.1) is 0 Å². The molecule has 0 aromatic heterocycles. The first kappa shape index (κ1) is 15.8. The maximum Gasteiger partial charge on any atom is 0.323 e. The summed E-state index contributed by atoms with van der Waals surface area (Å²) in [7, 11) is 0. The van der Waals surface area contributed by atoms with Gasteiger partial charge in [0.25, 0.3) is 0 Å². The third-order valence-electron chi connectivity index (χ3n) is 4.91. The molecule has 0 radical (unpaired) electrons. The summed E-state index contributed by atoms with van der Waals surface area (Å²) in [5, 5.41) is 12.7. The van der Waals surface area contributed by atoms with Gasteiger partial charge < -0.3 is 10.0 Å². The minimum Gasteiger partial charge on any atom is -0.480 e. The normalized spacial score (nSPS) is 26.6. The molecular formula is C16H30N2O2. The molecule has 2 unspecified atom stereocenters. The Balaban J connectivity index is 1.69. The van der Waals surface area contributed by atoms with Crippen LogP contribution < -0.4 is 5.32 Å². The summed E-state index contributed by atoms with van der Waals surface area (Å²) in [4.78, 5) is 14.1. The molecule has 2 rings (SSSR count).